The fourth-order valence-electron chi connectivity index (χ4n) is 1.63. The average Bonchev–Trinajstić information content (AvgIpc) is 2.52. The van der Waals surface area contributed by atoms with E-state index in [1.807, 2.05) is 12.1 Å². The minimum Gasteiger partial charge on any atom is -0.320 e. The van der Waals surface area contributed by atoms with Crippen molar-refractivity contribution in [3.63, 3.8) is 0 Å². The van der Waals surface area contributed by atoms with Crippen LogP contribution in [0.25, 0.3) is 0 Å². The smallest absolute Gasteiger partial charge is 0.244 e. The molecule has 0 bridgehead atoms. The van der Waals surface area contributed by atoms with Crippen LogP contribution in [0.15, 0.2) is 22.7 Å². The van der Waals surface area contributed by atoms with E-state index < -0.39 is 0 Å². The van der Waals surface area contributed by atoms with Crippen molar-refractivity contribution in [1.82, 2.24) is 0 Å². The Hall–Kier alpha value is -0.580. The zero-order valence-corrected chi connectivity index (χ0v) is 10.3. The van der Waals surface area contributed by atoms with Crippen LogP contribution in [-0.2, 0) is 4.79 Å². The van der Waals surface area contributed by atoms with Crippen molar-refractivity contribution >= 4 is 39.1 Å². The van der Waals surface area contributed by atoms with Gasteiger partial charge in [0.15, 0.2) is 0 Å². The molecule has 1 amide bonds. The summed E-state index contributed by atoms with van der Waals surface area (Å²) in [5.41, 5.74) is 6.37. The van der Waals surface area contributed by atoms with Crippen LogP contribution in [-0.4, -0.2) is 18.5 Å². The number of hydrogen-bond donors (Lipinski definition) is 1. The summed E-state index contributed by atoms with van der Waals surface area (Å²) in [6.07, 6.45) is 0.682. The Kier molecular flexibility index (Phi) is 3.00. The Balaban J connectivity index is 2.37. The average molecular weight is 290 g/mol. The van der Waals surface area contributed by atoms with Crippen molar-refractivity contribution in [1.29, 1.82) is 0 Å². The van der Waals surface area contributed by atoms with Crippen molar-refractivity contribution in [2.75, 3.05) is 11.4 Å². The van der Waals surface area contributed by atoms with Gasteiger partial charge in [0.2, 0.25) is 5.91 Å². The molecule has 1 fully saturated rings. The number of carbonyl (C=O) groups excluding carboxylic acids is 1. The van der Waals surface area contributed by atoms with Crippen LogP contribution in [0, 0.1) is 0 Å². The molecule has 0 radical (unpaired) electrons. The zero-order valence-electron chi connectivity index (χ0n) is 7.91. The quantitative estimate of drug-likeness (QED) is 0.861. The maximum absolute atomic E-state index is 11.7. The highest BCUT2D eigenvalue weighted by atomic mass is 79.9. The van der Waals surface area contributed by atoms with Crippen LogP contribution in [0.5, 0.6) is 0 Å². The molecule has 1 heterocycles. The van der Waals surface area contributed by atoms with Crippen LogP contribution in [0.3, 0.4) is 0 Å². The van der Waals surface area contributed by atoms with E-state index in [4.69, 9.17) is 17.3 Å². The second-order valence-corrected chi connectivity index (χ2v) is 4.80. The molecule has 1 aromatic carbocycles. The molecule has 1 saturated heterocycles. The third-order valence-corrected chi connectivity index (χ3v) is 3.26. The molecule has 2 N–H and O–H groups in total. The van der Waals surface area contributed by atoms with Crippen LogP contribution in [0.4, 0.5) is 5.69 Å². The molecule has 80 valence electrons. The molecule has 1 aliphatic rings. The second kappa shape index (κ2) is 4.12. The molecule has 0 aliphatic carbocycles. The Morgan fingerprint density at radius 3 is 2.87 bits per heavy atom. The Morgan fingerprint density at radius 1 is 1.53 bits per heavy atom. The molecule has 15 heavy (non-hydrogen) atoms. The number of hydrogen-bond acceptors (Lipinski definition) is 2. The molecule has 3 nitrogen and oxygen atoms in total. The number of nitrogens with two attached hydrogens (primary N) is 1. The maximum Gasteiger partial charge on any atom is 0.244 e. The first-order valence-corrected chi connectivity index (χ1v) is 5.78. The van der Waals surface area contributed by atoms with Gasteiger partial charge in [-0.2, -0.15) is 0 Å². The number of benzene rings is 1. The molecule has 0 saturated carbocycles. The molecule has 0 spiro atoms. The molecule has 5 heteroatoms. The highest BCUT2D eigenvalue weighted by Crippen LogP contribution is 2.31. The minimum absolute atomic E-state index is 0.0602. The van der Waals surface area contributed by atoms with Crippen molar-refractivity contribution < 1.29 is 4.79 Å². The largest absolute Gasteiger partial charge is 0.320 e. The number of nitrogens with zero attached hydrogens (tertiary/aromatic N) is 1. The van der Waals surface area contributed by atoms with Gasteiger partial charge in [0, 0.05) is 11.0 Å². The van der Waals surface area contributed by atoms with Gasteiger partial charge >= 0.3 is 0 Å². The van der Waals surface area contributed by atoms with Crippen molar-refractivity contribution in [3.8, 4) is 0 Å². The van der Waals surface area contributed by atoms with Gasteiger partial charge in [-0.1, -0.05) is 27.5 Å². The van der Waals surface area contributed by atoms with Gasteiger partial charge in [0.1, 0.15) is 0 Å². The summed E-state index contributed by atoms with van der Waals surface area (Å²) < 4.78 is 0.898. The Morgan fingerprint density at radius 2 is 2.27 bits per heavy atom. The molecule has 2 rings (SSSR count). The Bertz CT molecular complexity index is 410. The summed E-state index contributed by atoms with van der Waals surface area (Å²) in [4.78, 5) is 13.3. The van der Waals surface area contributed by atoms with E-state index in [1.165, 1.54) is 0 Å². The number of anilines is 1. The number of amides is 1. The summed E-state index contributed by atoms with van der Waals surface area (Å²) in [6, 6.07) is 5.04. The first-order valence-electron chi connectivity index (χ1n) is 4.61. The van der Waals surface area contributed by atoms with Crippen LogP contribution >= 0.6 is 27.5 Å². The number of rotatable bonds is 1. The summed E-state index contributed by atoms with van der Waals surface area (Å²) in [5.74, 6) is -0.0602. The number of carbonyl (C=O) groups is 1. The van der Waals surface area contributed by atoms with E-state index in [9.17, 15) is 4.79 Å². The van der Waals surface area contributed by atoms with Crippen molar-refractivity contribution in [2.24, 2.45) is 5.73 Å². The fourth-order valence-corrected chi connectivity index (χ4v) is 2.20. The van der Waals surface area contributed by atoms with Crippen molar-refractivity contribution in [2.45, 2.75) is 12.5 Å². The highest BCUT2D eigenvalue weighted by Gasteiger charge is 2.30. The van der Waals surface area contributed by atoms with Crippen molar-refractivity contribution in [3.05, 3.63) is 27.7 Å². The lowest BCUT2D eigenvalue weighted by Crippen LogP contribution is -2.34. The standard InChI is InChI=1S/C10H10BrClN2O/c11-6-1-2-7(12)9(5-6)14-4-3-8(13)10(14)15/h1-2,5,8H,3-4,13H2. The summed E-state index contributed by atoms with van der Waals surface area (Å²) in [5, 5.41) is 0.570. The molecule has 1 unspecified atom stereocenters. The summed E-state index contributed by atoms with van der Waals surface area (Å²) in [6.45, 7) is 0.635. The Labute approximate surface area is 101 Å². The predicted molar refractivity (Wildman–Crippen MR) is 64.1 cm³/mol. The second-order valence-electron chi connectivity index (χ2n) is 3.48. The molecule has 1 atom stereocenters. The van der Waals surface area contributed by atoms with E-state index in [0.717, 1.165) is 10.2 Å². The zero-order chi connectivity index (χ0) is 11.0. The summed E-state index contributed by atoms with van der Waals surface area (Å²) in [7, 11) is 0. The lowest BCUT2D eigenvalue weighted by molar-refractivity contribution is -0.118. The van der Waals surface area contributed by atoms with Crippen LogP contribution in [0.1, 0.15) is 6.42 Å². The molecule has 1 aromatic rings. The lowest BCUT2D eigenvalue weighted by atomic mass is 10.3. The minimum atomic E-state index is -0.389. The summed E-state index contributed by atoms with van der Waals surface area (Å²) >= 11 is 9.38. The third kappa shape index (κ3) is 2.02. The first kappa shape index (κ1) is 10.9. The predicted octanol–water partition coefficient (Wildman–Crippen LogP) is 2.17. The first-order chi connectivity index (χ1) is 7.09. The maximum atomic E-state index is 11.7. The van der Waals surface area contributed by atoms with E-state index in [0.29, 0.717) is 18.0 Å². The van der Waals surface area contributed by atoms with Gasteiger partial charge in [0.25, 0.3) is 0 Å². The number of halogens is 2. The van der Waals surface area contributed by atoms with Gasteiger partial charge in [-0.25, -0.2) is 0 Å². The van der Waals surface area contributed by atoms with E-state index in [-0.39, 0.29) is 11.9 Å². The van der Waals surface area contributed by atoms with Gasteiger partial charge < -0.3 is 10.6 Å². The SMILES string of the molecule is NC1CCN(c2cc(Br)ccc2Cl)C1=O. The van der Waals surface area contributed by atoms with Crippen LogP contribution < -0.4 is 10.6 Å². The molecule has 0 aromatic heterocycles. The monoisotopic (exact) mass is 288 g/mol. The molecular weight excluding hydrogens is 279 g/mol. The molecular formula is C10H10BrClN2O. The lowest BCUT2D eigenvalue weighted by Gasteiger charge is -2.17. The van der Waals surface area contributed by atoms with E-state index in [2.05, 4.69) is 15.9 Å². The van der Waals surface area contributed by atoms with E-state index >= 15 is 0 Å². The molecule has 1 aliphatic heterocycles. The van der Waals surface area contributed by atoms with E-state index in [1.54, 1.807) is 11.0 Å². The van der Waals surface area contributed by atoms with Gasteiger partial charge in [-0.3, -0.25) is 4.79 Å². The highest BCUT2D eigenvalue weighted by molar-refractivity contribution is 9.10. The van der Waals surface area contributed by atoms with Gasteiger partial charge in [-0.15, -0.1) is 0 Å². The van der Waals surface area contributed by atoms with Gasteiger partial charge in [0.05, 0.1) is 16.8 Å². The topological polar surface area (TPSA) is 46.3 Å². The third-order valence-electron chi connectivity index (χ3n) is 2.45. The fraction of sp³-hybridized carbons (Fsp3) is 0.300. The normalized spacial score (nSPS) is 21.1. The van der Waals surface area contributed by atoms with Gasteiger partial charge in [-0.05, 0) is 24.6 Å². The van der Waals surface area contributed by atoms with Crippen LogP contribution in [0.2, 0.25) is 5.02 Å².